The number of piperazine rings is 1. The van der Waals surface area contributed by atoms with Gasteiger partial charge in [-0.1, -0.05) is 42.5 Å². The normalized spacial score (nSPS) is 19.9. The first-order chi connectivity index (χ1) is 15.3. The summed E-state index contributed by atoms with van der Waals surface area (Å²) < 4.78 is 2.06. The summed E-state index contributed by atoms with van der Waals surface area (Å²) in [6, 6.07) is 24.3. The van der Waals surface area contributed by atoms with Gasteiger partial charge in [0.25, 0.3) is 0 Å². The van der Waals surface area contributed by atoms with E-state index in [1.807, 2.05) is 18.3 Å². The van der Waals surface area contributed by atoms with Crippen LogP contribution in [0.3, 0.4) is 0 Å². The van der Waals surface area contributed by atoms with Gasteiger partial charge in [-0.3, -0.25) is 0 Å². The standard InChI is InChI=1S/C25H26N6/c1-2-6-18(7-3-1)10-12-26-24-15-20(11-13-27-24)31-23-9-5-4-8-22(23)25(29-31)30-17-19-14-21(30)16-28-19/h1-9,11,13,15,19,21,28H,10,12,14,16-17H2,(H,26,27). The van der Waals surface area contributed by atoms with E-state index in [0.717, 1.165) is 48.9 Å². The van der Waals surface area contributed by atoms with Crippen molar-refractivity contribution in [1.82, 2.24) is 20.1 Å². The topological polar surface area (TPSA) is 58.0 Å². The summed E-state index contributed by atoms with van der Waals surface area (Å²) in [6.45, 7) is 2.93. The number of pyridine rings is 1. The van der Waals surface area contributed by atoms with Gasteiger partial charge in [0.15, 0.2) is 5.82 Å². The fourth-order valence-corrected chi connectivity index (χ4v) is 4.91. The molecule has 2 aliphatic heterocycles. The van der Waals surface area contributed by atoms with Crippen LogP contribution in [0.5, 0.6) is 0 Å². The second-order valence-corrected chi connectivity index (χ2v) is 8.46. The van der Waals surface area contributed by atoms with Gasteiger partial charge in [0.2, 0.25) is 0 Å². The highest BCUT2D eigenvalue weighted by molar-refractivity contribution is 5.92. The molecule has 156 valence electrons. The van der Waals surface area contributed by atoms with Crippen molar-refractivity contribution >= 4 is 22.5 Å². The van der Waals surface area contributed by atoms with Crippen molar-refractivity contribution in [3.63, 3.8) is 0 Å². The Morgan fingerprint density at radius 2 is 1.90 bits per heavy atom. The molecule has 2 saturated heterocycles. The lowest BCUT2D eigenvalue weighted by molar-refractivity contribution is 0.575. The average molecular weight is 411 g/mol. The van der Waals surface area contributed by atoms with Crippen molar-refractivity contribution in [3.05, 3.63) is 78.5 Å². The number of hydrogen-bond donors (Lipinski definition) is 2. The Balaban J connectivity index is 1.28. The molecule has 0 saturated carbocycles. The molecule has 6 heteroatoms. The van der Waals surface area contributed by atoms with E-state index in [-0.39, 0.29) is 0 Å². The Bertz CT molecular complexity index is 1200. The zero-order valence-electron chi connectivity index (χ0n) is 17.4. The van der Waals surface area contributed by atoms with Crippen LogP contribution in [0.25, 0.3) is 16.6 Å². The number of nitrogens with zero attached hydrogens (tertiary/aromatic N) is 4. The molecule has 6 nitrogen and oxygen atoms in total. The predicted octanol–water partition coefficient (Wildman–Crippen LogP) is 3.63. The average Bonchev–Trinajstić information content (AvgIpc) is 3.54. The molecule has 2 N–H and O–H groups in total. The van der Waals surface area contributed by atoms with Gasteiger partial charge in [0.05, 0.1) is 11.2 Å². The van der Waals surface area contributed by atoms with Crippen molar-refractivity contribution in [2.45, 2.75) is 24.9 Å². The van der Waals surface area contributed by atoms with E-state index in [1.165, 1.54) is 17.4 Å². The number of rotatable bonds is 6. The van der Waals surface area contributed by atoms with Gasteiger partial charge in [0.1, 0.15) is 5.82 Å². The first-order valence-corrected chi connectivity index (χ1v) is 11.1. The second-order valence-electron chi connectivity index (χ2n) is 8.46. The minimum Gasteiger partial charge on any atom is -0.370 e. The Hall–Kier alpha value is -3.38. The molecule has 2 aliphatic rings. The first-order valence-electron chi connectivity index (χ1n) is 11.1. The van der Waals surface area contributed by atoms with E-state index < -0.39 is 0 Å². The molecule has 31 heavy (non-hydrogen) atoms. The highest BCUT2D eigenvalue weighted by Crippen LogP contribution is 2.35. The smallest absolute Gasteiger partial charge is 0.159 e. The fourth-order valence-electron chi connectivity index (χ4n) is 4.91. The molecular formula is C25H26N6. The number of aromatic nitrogens is 3. The van der Waals surface area contributed by atoms with Crippen molar-refractivity contribution in [2.75, 3.05) is 29.9 Å². The van der Waals surface area contributed by atoms with Gasteiger partial charge >= 0.3 is 0 Å². The third-order valence-electron chi connectivity index (χ3n) is 6.45. The van der Waals surface area contributed by atoms with Crippen LogP contribution in [0, 0.1) is 0 Å². The molecule has 0 aliphatic carbocycles. The quantitative estimate of drug-likeness (QED) is 0.508. The van der Waals surface area contributed by atoms with Crippen LogP contribution >= 0.6 is 0 Å². The number of nitrogens with one attached hydrogen (secondary N) is 2. The van der Waals surface area contributed by atoms with Gasteiger partial charge in [0, 0.05) is 49.4 Å². The van der Waals surface area contributed by atoms with Gasteiger partial charge in [-0.25, -0.2) is 9.67 Å². The maximum absolute atomic E-state index is 5.09. The molecule has 0 spiro atoms. The van der Waals surface area contributed by atoms with Crippen LogP contribution in [0.4, 0.5) is 11.6 Å². The zero-order chi connectivity index (χ0) is 20.6. The summed E-state index contributed by atoms with van der Waals surface area (Å²) in [5, 5.41) is 13.4. The lowest BCUT2D eigenvalue weighted by Gasteiger charge is -2.27. The van der Waals surface area contributed by atoms with Crippen LogP contribution in [0.1, 0.15) is 12.0 Å². The minimum atomic E-state index is 0.546. The van der Waals surface area contributed by atoms with Crippen molar-refractivity contribution in [3.8, 4) is 5.69 Å². The summed E-state index contributed by atoms with van der Waals surface area (Å²) >= 11 is 0. The molecule has 0 amide bonds. The summed E-state index contributed by atoms with van der Waals surface area (Å²) in [6.07, 6.45) is 4.04. The van der Waals surface area contributed by atoms with E-state index in [9.17, 15) is 0 Å². The van der Waals surface area contributed by atoms with Gasteiger partial charge in [-0.15, -0.1) is 5.10 Å². The molecule has 0 radical (unpaired) electrons. The highest BCUT2D eigenvalue weighted by atomic mass is 15.4. The molecule has 2 aromatic heterocycles. The zero-order valence-corrected chi connectivity index (χ0v) is 17.4. The third-order valence-corrected chi connectivity index (χ3v) is 6.45. The summed E-state index contributed by atoms with van der Waals surface area (Å²) in [5.41, 5.74) is 3.49. The summed E-state index contributed by atoms with van der Waals surface area (Å²) in [4.78, 5) is 7.01. The van der Waals surface area contributed by atoms with E-state index in [1.54, 1.807) is 0 Å². The Morgan fingerprint density at radius 3 is 2.74 bits per heavy atom. The molecular weight excluding hydrogens is 384 g/mol. The molecule has 2 unspecified atom stereocenters. The molecule has 2 fully saturated rings. The summed E-state index contributed by atoms with van der Waals surface area (Å²) in [7, 11) is 0. The number of hydrogen-bond acceptors (Lipinski definition) is 5. The first kappa shape index (κ1) is 18.4. The summed E-state index contributed by atoms with van der Waals surface area (Å²) in [5.74, 6) is 1.97. The molecule has 2 atom stereocenters. The predicted molar refractivity (Wildman–Crippen MR) is 125 cm³/mol. The lowest BCUT2D eigenvalue weighted by atomic mass is 10.1. The Morgan fingerprint density at radius 1 is 1.03 bits per heavy atom. The van der Waals surface area contributed by atoms with Crippen LogP contribution < -0.4 is 15.5 Å². The third kappa shape index (κ3) is 3.43. The van der Waals surface area contributed by atoms with E-state index in [4.69, 9.17) is 5.10 Å². The van der Waals surface area contributed by atoms with Crippen LogP contribution in [0.2, 0.25) is 0 Å². The minimum absolute atomic E-state index is 0.546. The van der Waals surface area contributed by atoms with Crippen LogP contribution in [-0.4, -0.2) is 46.5 Å². The number of para-hydroxylation sites is 1. The number of benzene rings is 2. The molecule has 6 rings (SSSR count). The second kappa shape index (κ2) is 7.71. The Labute approximate surface area is 181 Å². The van der Waals surface area contributed by atoms with Gasteiger partial charge in [-0.2, -0.15) is 0 Å². The van der Waals surface area contributed by atoms with E-state index in [0.29, 0.717) is 12.1 Å². The Kier molecular flexibility index (Phi) is 4.57. The van der Waals surface area contributed by atoms with Crippen molar-refractivity contribution < 1.29 is 0 Å². The monoisotopic (exact) mass is 410 g/mol. The largest absolute Gasteiger partial charge is 0.370 e. The van der Waals surface area contributed by atoms with Gasteiger partial charge in [-0.05, 0) is 36.6 Å². The van der Waals surface area contributed by atoms with Crippen LogP contribution in [0.15, 0.2) is 72.9 Å². The lowest BCUT2D eigenvalue weighted by Crippen LogP contribution is -2.43. The van der Waals surface area contributed by atoms with Crippen molar-refractivity contribution in [1.29, 1.82) is 0 Å². The SMILES string of the molecule is c1ccc(CCNc2cc(-n3nc(N4CC5CC4CN5)c4ccccc43)ccn2)cc1. The van der Waals surface area contributed by atoms with Gasteiger partial charge < -0.3 is 15.5 Å². The molecule has 2 aromatic carbocycles. The molecule has 4 aromatic rings. The maximum Gasteiger partial charge on any atom is 0.159 e. The highest BCUT2D eigenvalue weighted by Gasteiger charge is 2.39. The van der Waals surface area contributed by atoms with Crippen molar-refractivity contribution in [2.24, 2.45) is 0 Å². The fraction of sp³-hybridized carbons (Fsp3) is 0.280. The number of fused-ring (bicyclic) bond motifs is 3. The molecule has 4 heterocycles. The van der Waals surface area contributed by atoms with Crippen LogP contribution in [-0.2, 0) is 6.42 Å². The van der Waals surface area contributed by atoms with E-state index >= 15 is 0 Å². The molecule has 2 bridgehead atoms. The number of anilines is 2. The van der Waals surface area contributed by atoms with E-state index in [2.05, 4.69) is 79.8 Å². The maximum atomic E-state index is 5.09.